The molecule has 5 nitrogen and oxygen atoms in total. The molecule has 0 radical (unpaired) electrons. The minimum absolute atomic E-state index is 0. The van der Waals surface area contributed by atoms with Crippen LogP contribution in [-0.4, -0.2) is 24.2 Å². The third-order valence-electron chi connectivity index (χ3n) is 3.73. The Morgan fingerprint density at radius 2 is 1.83 bits per heavy atom. The van der Waals surface area contributed by atoms with E-state index in [9.17, 15) is 0 Å². The lowest BCUT2D eigenvalue weighted by Gasteiger charge is -2.11. The molecule has 0 saturated heterocycles. The van der Waals surface area contributed by atoms with E-state index >= 15 is 0 Å². The predicted molar refractivity (Wildman–Crippen MR) is 109 cm³/mol. The van der Waals surface area contributed by atoms with Crippen LogP contribution >= 0.6 is 24.0 Å². The summed E-state index contributed by atoms with van der Waals surface area (Å²) in [6.07, 6.45) is 0.871. The Morgan fingerprint density at radius 3 is 2.42 bits per heavy atom. The van der Waals surface area contributed by atoms with Gasteiger partial charge in [0.05, 0.1) is 12.2 Å². The van der Waals surface area contributed by atoms with Gasteiger partial charge in [0.25, 0.3) is 0 Å². The zero-order valence-electron chi connectivity index (χ0n) is 14.8. The molecule has 0 saturated carbocycles. The number of rotatable bonds is 6. The first kappa shape index (κ1) is 20.5. The minimum Gasteiger partial charge on any atom is -0.361 e. The first-order valence-electron chi connectivity index (χ1n) is 8.09. The Morgan fingerprint density at radius 1 is 1.12 bits per heavy atom. The van der Waals surface area contributed by atoms with Gasteiger partial charge in [0.1, 0.15) is 5.76 Å². The molecule has 0 spiro atoms. The van der Waals surface area contributed by atoms with Crippen LogP contribution in [0.25, 0.3) is 0 Å². The van der Waals surface area contributed by atoms with Gasteiger partial charge in [-0.1, -0.05) is 35.0 Å². The van der Waals surface area contributed by atoms with Crippen molar-refractivity contribution in [3.63, 3.8) is 0 Å². The molecule has 0 aliphatic rings. The second kappa shape index (κ2) is 10.3. The number of guanidine groups is 1. The van der Waals surface area contributed by atoms with Gasteiger partial charge in [-0.3, -0.25) is 0 Å². The van der Waals surface area contributed by atoms with E-state index in [4.69, 9.17) is 4.52 Å². The number of hydrogen-bond acceptors (Lipinski definition) is 3. The number of nitrogens with zero attached hydrogens (tertiary/aromatic N) is 2. The van der Waals surface area contributed by atoms with Crippen molar-refractivity contribution in [1.29, 1.82) is 0 Å². The monoisotopic (exact) mass is 442 g/mol. The van der Waals surface area contributed by atoms with E-state index in [-0.39, 0.29) is 24.0 Å². The normalized spacial score (nSPS) is 11.1. The van der Waals surface area contributed by atoms with Crippen LogP contribution in [0.3, 0.4) is 0 Å². The van der Waals surface area contributed by atoms with Crippen LogP contribution in [0.15, 0.2) is 33.8 Å². The van der Waals surface area contributed by atoms with Crippen molar-refractivity contribution in [3.05, 3.63) is 52.4 Å². The highest BCUT2D eigenvalue weighted by atomic mass is 127. The summed E-state index contributed by atoms with van der Waals surface area (Å²) in [6, 6.07) is 8.46. The fraction of sp³-hybridized carbons (Fsp3) is 0.444. The number of halogens is 1. The number of nitrogens with one attached hydrogen (secondary N) is 2. The number of aliphatic imine (C=N–C) groups is 1. The molecule has 6 heteroatoms. The summed E-state index contributed by atoms with van der Waals surface area (Å²) in [5.74, 6) is 1.73. The zero-order valence-corrected chi connectivity index (χ0v) is 17.2. The van der Waals surface area contributed by atoms with Crippen LogP contribution in [-0.2, 0) is 13.0 Å². The predicted octanol–water partition coefficient (Wildman–Crippen LogP) is 3.52. The first-order chi connectivity index (χ1) is 11.1. The maximum absolute atomic E-state index is 5.19. The maximum Gasteiger partial charge on any atom is 0.191 e. The van der Waals surface area contributed by atoms with Crippen LogP contribution in [0.2, 0.25) is 0 Å². The molecule has 1 heterocycles. The Balaban J connectivity index is 0.00000288. The molecule has 0 bridgehead atoms. The summed E-state index contributed by atoms with van der Waals surface area (Å²) in [7, 11) is 0. The third kappa shape index (κ3) is 6.14. The van der Waals surface area contributed by atoms with Crippen LogP contribution in [0, 0.1) is 20.8 Å². The minimum atomic E-state index is 0. The fourth-order valence-corrected chi connectivity index (χ4v) is 2.37. The Labute approximate surface area is 161 Å². The summed E-state index contributed by atoms with van der Waals surface area (Å²) in [5.41, 5.74) is 4.61. The largest absolute Gasteiger partial charge is 0.361 e. The molecule has 24 heavy (non-hydrogen) atoms. The lowest BCUT2D eigenvalue weighted by atomic mass is 10.1. The van der Waals surface area contributed by atoms with Gasteiger partial charge < -0.3 is 15.2 Å². The van der Waals surface area contributed by atoms with Crippen molar-refractivity contribution in [2.24, 2.45) is 4.99 Å². The second-order valence-electron chi connectivity index (χ2n) is 5.66. The van der Waals surface area contributed by atoms with Gasteiger partial charge in [0.2, 0.25) is 0 Å². The maximum atomic E-state index is 5.19. The standard InChI is InChI=1S/C18H26N4O.HI/c1-5-19-18(21-12-16-8-6-13(2)7-9-16)20-11-10-17-14(3)22-23-15(17)4;/h6-9H,5,10-12H2,1-4H3,(H2,19,20,21);1H. The summed E-state index contributed by atoms with van der Waals surface area (Å²) in [6.45, 7) is 10.4. The van der Waals surface area contributed by atoms with Gasteiger partial charge in [0, 0.05) is 18.7 Å². The van der Waals surface area contributed by atoms with E-state index in [1.807, 2.05) is 13.8 Å². The van der Waals surface area contributed by atoms with Crippen LogP contribution in [0.4, 0.5) is 0 Å². The van der Waals surface area contributed by atoms with Gasteiger partial charge in [-0.05, 0) is 39.7 Å². The molecule has 2 aromatic rings. The molecule has 2 rings (SSSR count). The molecular formula is C18H27IN4O. The molecule has 132 valence electrons. The lowest BCUT2D eigenvalue weighted by molar-refractivity contribution is 0.392. The number of aryl methyl sites for hydroxylation is 3. The average Bonchev–Trinajstić information content (AvgIpc) is 2.86. The van der Waals surface area contributed by atoms with Crippen LogP contribution < -0.4 is 10.6 Å². The summed E-state index contributed by atoms with van der Waals surface area (Å²) < 4.78 is 5.19. The highest BCUT2D eigenvalue weighted by Crippen LogP contribution is 2.12. The fourth-order valence-electron chi connectivity index (χ4n) is 2.37. The van der Waals surface area contributed by atoms with E-state index < -0.39 is 0 Å². The van der Waals surface area contributed by atoms with Crippen molar-refractivity contribution in [3.8, 4) is 0 Å². The van der Waals surface area contributed by atoms with Crippen molar-refractivity contribution in [1.82, 2.24) is 15.8 Å². The zero-order chi connectivity index (χ0) is 16.7. The quantitative estimate of drug-likeness (QED) is 0.409. The first-order valence-corrected chi connectivity index (χ1v) is 8.09. The van der Waals surface area contributed by atoms with Gasteiger partial charge in [-0.2, -0.15) is 0 Å². The third-order valence-corrected chi connectivity index (χ3v) is 3.73. The Hall–Kier alpha value is -1.57. The molecule has 0 aliphatic heterocycles. The molecule has 1 aromatic carbocycles. The highest BCUT2D eigenvalue weighted by Gasteiger charge is 2.08. The number of hydrogen-bond donors (Lipinski definition) is 2. The molecule has 1 aromatic heterocycles. The summed E-state index contributed by atoms with van der Waals surface area (Å²) in [5, 5.41) is 10.6. The molecule has 0 aliphatic carbocycles. The Bertz CT molecular complexity index is 630. The lowest BCUT2D eigenvalue weighted by Crippen LogP contribution is -2.38. The van der Waals surface area contributed by atoms with Gasteiger partial charge in [-0.25, -0.2) is 4.99 Å². The van der Waals surface area contributed by atoms with Crippen molar-refractivity contribution >= 4 is 29.9 Å². The molecular weight excluding hydrogens is 415 g/mol. The van der Waals surface area contributed by atoms with E-state index in [1.165, 1.54) is 16.7 Å². The van der Waals surface area contributed by atoms with E-state index in [0.29, 0.717) is 6.54 Å². The molecule has 0 fully saturated rings. The van der Waals surface area contributed by atoms with E-state index in [1.54, 1.807) is 0 Å². The summed E-state index contributed by atoms with van der Waals surface area (Å²) >= 11 is 0. The average molecular weight is 442 g/mol. The van der Waals surface area contributed by atoms with Crippen molar-refractivity contribution in [2.45, 2.75) is 40.7 Å². The molecule has 0 atom stereocenters. The highest BCUT2D eigenvalue weighted by molar-refractivity contribution is 14.0. The SMILES string of the molecule is CCNC(=NCc1ccc(C)cc1)NCCc1c(C)noc1C.I. The van der Waals surface area contributed by atoms with E-state index in [2.05, 4.69) is 58.9 Å². The summed E-state index contributed by atoms with van der Waals surface area (Å²) in [4.78, 5) is 4.63. The Kier molecular flexibility index (Phi) is 8.81. The molecule has 2 N–H and O–H groups in total. The van der Waals surface area contributed by atoms with Gasteiger partial charge >= 0.3 is 0 Å². The van der Waals surface area contributed by atoms with E-state index in [0.717, 1.165) is 36.9 Å². The second-order valence-corrected chi connectivity index (χ2v) is 5.66. The topological polar surface area (TPSA) is 62.5 Å². The number of aromatic nitrogens is 1. The van der Waals surface area contributed by atoms with Gasteiger partial charge in [0.15, 0.2) is 5.96 Å². The number of benzene rings is 1. The van der Waals surface area contributed by atoms with Gasteiger partial charge in [-0.15, -0.1) is 24.0 Å². The smallest absolute Gasteiger partial charge is 0.191 e. The van der Waals surface area contributed by atoms with Crippen LogP contribution in [0.1, 0.15) is 35.1 Å². The van der Waals surface area contributed by atoms with Crippen molar-refractivity contribution < 1.29 is 4.52 Å². The molecule has 0 amide bonds. The molecule has 0 unspecified atom stereocenters. The van der Waals surface area contributed by atoms with Crippen LogP contribution in [0.5, 0.6) is 0 Å². The van der Waals surface area contributed by atoms with Crippen molar-refractivity contribution in [2.75, 3.05) is 13.1 Å².